The SMILES string of the molecule is Cc1ccc(CCN(C)c2cc(C)c(N)cn2)cc1. The molecule has 1 heterocycles. The Kier molecular flexibility index (Phi) is 4.05. The molecule has 100 valence electrons. The number of likely N-dealkylation sites (N-methyl/N-ethyl adjacent to an activating group) is 1. The Balaban J connectivity index is 1.98. The molecule has 0 aliphatic heterocycles. The minimum absolute atomic E-state index is 0.746. The van der Waals surface area contributed by atoms with E-state index in [0.29, 0.717) is 0 Å². The standard InChI is InChI=1S/C16H21N3/c1-12-4-6-14(7-5-12)8-9-19(3)16-10-13(2)15(17)11-18-16/h4-7,10-11H,8-9,17H2,1-3H3. The van der Waals surface area contributed by atoms with Gasteiger partial charge in [-0.25, -0.2) is 4.98 Å². The summed E-state index contributed by atoms with van der Waals surface area (Å²) in [4.78, 5) is 6.53. The molecule has 1 aromatic heterocycles. The van der Waals surface area contributed by atoms with E-state index in [1.54, 1.807) is 6.20 Å². The van der Waals surface area contributed by atoms with Gasteiger partial charge in [0.25, 0.3) is 0 Å². The van der Waals surface area contributed by atoms with Crippen LogP contribution < -0.4 is 10.6 Å². The van der Waals surface area contributed by atoms with Crippen molar-refractivity contribution < 1.29 is 0 Å². The third-order valence-electron chi connectivity index (χ3n) is 3.38. The summed E-state index contributed by atoms with van der Waals surface area (Å²) in [7, 11) is 2.06. The highest BCUT2D eigenvalue weighted by molar-refractivity contribution is 5.51. The van der Waals surface area contributed by atoms with Crippen molar-refractivity contribution in [3.8, 4) is 0 Å². The number of aromatic nitrogens is 1. The smallest absolute Gasteiger partial charge is 0.128 e. The average Bonchev–Trinajstić information content (AvgIpc) is 2.41. The third-order valence-corrected chi connectivity index (χ3v) is 3.38. The maximum Gasteiger partial charge on any atom is 0.128 e. The summed E-state index contributed by atoms with van der Waals surface area (Å²) in [5, 5.41) is 0. The molecule has 0 aliphatic carbocycles. The van der Waals surface area contributed by atoms with Gasteiger partial charge < -0.3 is 10.6 Å². The molecule has 0 saturated carbocycles. The first-order chi connectivity index (χ1) is 9.06. The van der Waals surface area contributed by atoms with Crippen molar-refractivity contribution in [2.75, 3.05) is 24.2 Å². The number of anilines is 2. The second-order valence-corrected chi connectivity index (χ2v) is 5.06. The van der Waals surface area contributed by atoms with E-state index in [2.05, 4.69) is 48.1 Å². The lowest BCUT2D eigenvalue weighted by atomic mass is 10.1. The quantitative estimate of drug-likeness (QED) is 0.913. The van der Waals surface area contributed by atoms with E-state index in [0.717, 1.165) is 30.0 Å². The van der Waals surface area contributed by atoms with E-state index in [4.69, 9.17) is 5.73 Å². The molecule has 1 aromatic carbocycles. The molecule has 0 bridgehead atoms. The zero-order valence-electron chi connectivity index (χ0n) is 11.9. The van der Waals surface area contributed by atoms with Gasteiger partial charge in [0.05, 0.1) is 11.9 Å². The number of nitrogens with zero attached hydrogens (tertiary/aromatic N) is 2. The Morgan fingerprint density at radius 2 is 1.84 bits per heavy atom. The van der Waals surface area contributed by atoms with Gasteiger partial charge in [-0.1, -0.05) is 29.8 Å². The molecule has 3 heteroatoms. The first kappa shape index (κ1) is 13.4. The molecule has 0 fully saturated rings. The van der Waals surface area contributed by atoms with Crippen molar-refractivity contribution in [1.82, 2.24) is 4.98 Å². The van der Waals surface area contributed by atoms with Crippen LogP contribution in [0.3, 0.4) is 0 Å². The molecule has 0 saturated heterocycles. The number of nitrogen functional groups attached to an aromatic ring is 1. The van der Waals surface area contributed by atoms with E-state index < -0.39 is 0 Å². The van der Waals surface area contributed by atoms with Gasteiger partial charge in [-0.05, 0) is 37.5 Å². The number of aryl methyl sites for hydroxylation is 2. The Hall–Kier alpha value is -2.03. The lowest BCUT2D eigenvalue weighted by Crippen LogP contribution is -2.21. The first-order valence-electron chi connectivity index (χ1n) is 6.55. The summed E-state index contributed by atoms with van der Waals surface area (Å²) >= 11 is 0. The van der Waals surface area contributed by atoms with Gasteiger partial charge in [-0.3, -0.25) is 0 Å². The summed E-state index contributed by atoms with van der Waals surface area (Å²) in [5.74, 6) is 0.971. The van der Waals surface area contributed by atoms with Crippen molar-refractivity contribution in [1.29, 1.82) is 0 Å². The van der Waals surface area contributed by atoms with Crippen LogP contribution in [0.25, 0.3) is 0 Å². The van der Waals surface area contributed by atoms with Crippen molar-refractivity contribution in [3.63, 3.8) is 0 Å². The van der Waals surface area contributed by atoms with Gasteiger partial charge in [0.1, 0.15) is 5.82 Å². The van der Waals surface area contributed by atoms with Crippen molar-refractivity contribution in [3.05, 3.63) is 53.2 Å². The van der Waals surface area contributed by atoms with Crippen LogP contribution in [0.2, 0.25) is 0 Å². The summed E-state index contributed by atoms with van der Waals surface area (Å²) in [5.41, 5.74) is 10.3. The van der Waals surface area contributed by atoms with Crippen LogP contribution >= 0.6 is 0 Å². The lowest BCUT2D eigenvalue weighted by Gasteiger charge is -2.19. The Bertz CT molecular complexity index is 546. The summed E-state index contributed by atoms with van der Waals surface area (Å²) in [6.45, 7) is 5.06. The molecule has 0 radical (unpaired) electrons. The number of pyridine rings is 1. The number of hydrogen-bond donors (Lipinski definition) is 1. The van der Waals surface area contributed by atoms with E-state index in [1.807, 2.05) is 13.0 Å². The predicted molar refractivity (Wildman–Crippen MR) is 81.5 cm³/mol. The van der Waals surface area contributed by atoms with Crippen molar-refractivity contribution >= 4 is 11.5 Å². The molecular weight excluding hydrogens is 234 g/mol. The third kappa shape index (κ3) is 3.47. The molecule has 19 heavy (non-hydrogen) atoms. The Labute approximate surface area is 115 Å². The summed E-state index contributed by atoms with van der Waals surface area (Å²) in [6, 6.07) is 10.7. The fourth-order valence-electron chi connectivity index (χ4n) is 1.93. The van der Waals surface area contributed by atoms with E-state index in [9.17, 15) is 0 Å². The van der Waals surface area contributed by atoms with Gasteiger partial charge in [0, 0.05) is 13.6 Å². The summed E-state index contributed by atoms with van der Waals surface area (Å²) in [6.07, 6.45) is 2.74. The number of hydrogen-bond acceptors (Lipinski definition) is 3. The molecule has 0 amide bonds. The molecule has 2 rings (SSSR count). The van der Waals surface area contributed by atoms with Gasteiger partial charge >= 0.3 is 0 Å². The first-order valence-corrected chi connectivity index (χ1v) is 6.55. The van der Waals surface area contributed by atoms with Gasteiger partial charge in [0.15, 0.2) is 0 Å². The van der Waals surface area contributed by atoms with Crippen LogP contribution in [-0.2, 0) is 6.42 Å². The minimum atomic E-state index is 0.746. The number of benzene rings is 1. The van der Waals surface area contributed by atoms with Crippen LogP contribution in [0.5, 0.6) is 0 Å². The van der Waals surface area contributed by atoms with Gasteiger partial charge in [-0.2, -0.15) is 0 Å². The number of rotatable bonds is 4. The highest BCUT2D eigenvalue weighted by Gasteiger charge is 2.04. The molecular formula is C16H21N3. The van der Waals surface area contributed by atoms with Crippen LogP contribution in [-0.4, -0.2) is 18.6 Å². The molecule has 3 nitrogen and oxygen atoms in total. The average molecular weight is 255 g/mol. The fraction of sp³-hybridized carbons (Fsp3) is 0.312. The molecule has 0 aliphatic rings. The highest BCUT2D eigenvalue weighted by atomic mass is 15.2. The molecule has 2 aromatic rings. The predicted octanol–water partition coefficient (Wildman–Crippen LogP) is 2.96. The van der Waals surface area contributed by atoms with E-state index in [-0.39, 0.29) is 0 Å². The van der Waals surface area contributed by atoms with Crippen LogP contribution in [0.4, 0.5) is 11.5 Å². The van der Waals surface area contributed by atoms with Crippen LogP contribution in [0, 0.1) is 13.8 Å². The minimum Gasteiger partial charge on any atom is -0.397 e. The topological polar surface area (TPSA) is 42.1 Å². The maximum absolute atomic E-state index is 5.79. The second-order valence-electron chi connectivity index (χ2n) is 5.06. The van der Waals surface area contributed by atoms with Crippen molar-refractivity contribution in [2.45, 2.75) is 20.3 Å². The molecule has 0 unspecified atom stereocenters. The van der Waals surface area contributed by atoms with E-state index >= 15 is 0 Å². The van der Waals surface area contributed by atoms with Crippen molar-refractivity contribution in [2.24, 2.45) is 0 Å². The molecule has 2 N–H and O–H groups in total. The zero-order valence-corrected chi connectivity index (χ0v) is 11.9. The zero-order chi connectivity index (χ0) is 13.8. The normalized spacial score (nSPS) is 10.5. The van der Waals surface area contributed by atoms with E-state index in [1.165, 1.54) is 11.1 Å². The number of nitrogens with two attached hydrogens (primary N) is 1. The van der Waals surface area contributed by atoms with Gasteiger partial charge in [-0.15, -0.1) is 0 Å². The lowest BCUT2D eigenvalue weighted by molar-refractivity contribution is 0.859. The second kappa shape index (κ2) is 5.74. The highest BCUT2D eigenvalue weighted by Crippen LogP contribution is 2.16. The fourth-order valence-corrected chi connectivity index (χ4v) is 1.93. The Morgan fingerprint density at radius 3 is 2.47 bits per heavy atom. The molecule has 0 spiro atoms. The largest absolute Gasteiger partial charge is 0.397 e. The monoisotopic (exact) mass is 255 g/mol. The maximum atomic E-state index is 5.79. The molecule has 0 atom stereocenters. The summed E-state index contributed by atoms with van der Waals surface area (Å²) < 4.78 is 0. The van der Waals surface area contributed by atoms with Crippen LogP contribution in [0.15, 0.2) is 36.5 Å². The van der Waals surface area contributed by atoms with Crippen LogP contribution in [0.1, 0.15) is 16.7 Å². The Morgan fingerprint density at radius 1 is 1.16 bits per heavy atom. The van der Waals surface area contributed by atoms with Gasteiger partial charge in [0.2, 0.25) is 0 Å².